The summed E-state index contributed by atoms with van der Waals surface area (Å²) in [6.45, 7) is 4.61. The third-order valence-electron chi connectivity index (χ3n) is 3.50. The van der Waals surface area contributed by atoms with Crippen molar-refractivity contribution in [3.8, 4) is 0 Å². The summed E-state index contributed by atoms with van der Waals surface area (Å²) >= 11 is 0.869. The highest BCUT2D eigenvalue weighted by molar-refractivity contribution is 7.92. The van der Waals surface area contributed by atoms with Crippen molar-refractivity contribution in [2.75, 3.05) is 11.9 Å². The molecule has 22 heavy (non-hydrogen) atoms. The van der Waals surface area contributed by atoms with E-state index in [2.05, 4.69) is 34.1 Å². The molecule has 1 fully saturated rings. The zero-order valence-corrected chi connectivity index (χ0v) is 13.4. The normalized spacial score (nSPS) is 21.8. The number of imidazole rings is 1. The number of hydrogen-bond acceptors (Lipinski definition) is 8. The third-order valence-corrected chi connectivity index (χ3v) is 3.77. The Morgan fingerprint density at radius 2 is 2.32 bits per heavy atom. The van der Waals surface area contributed by atoms with Gasteiger partial charge in [-0.2, -0.15) is 0 Å². The fourth-order valence-corrected chi connectivity index (χ4v) is 2.80. The zero-order valence-electron chi connectivity index (χ0n) is 12.6. The maximum Gasteiger partial charge on any atom is 0.167 e. The van der Waals surface area contributed by atoms with E-state index in [4.69, 9.17) is 14.1 Å². The minimum absolute atomic E-state index is 0.0496. The molecule has 0 bridgehead atoms. The molecule has 0 radical (unpaired) electrons. The van der Waals surface area contributed by atoms with Crippen LogP contribution in [0.5, 0.6) is 0 Å². The highest BCUT2D eigenvalue weighted by Crippen LogP contribution is 2.31. The quantitative estimate of drug-likeness (QED) is 0.613. The predicted molar refractivity (Wildman–Crippen MR) is 85.0 cm³/mol. The van der Waals surface area contributed by atoms with Crippen molar-refractivity contribution in [1.82, 2.24) is 19.5 Å². The maximum atomic E-state index is 5.99. The number of rotatable bonds is 6. The molecule has 8 nitrogen and oxygen atoms in total. The standard InChI is InChI=1S/C13H20N6O2S/c1-8(2)18-12-11-13(16-6-15-12)19(7-17-11)10-4-3-9(21-10)5-20-22-14/h6-10H,3-5,14H2,1-2H3,(H,15,16,18). The first-order valence-electron chi connectivity index (χ1n) is 7.27. The van der Waals surface area contributed by atoms with Crippen molar-refractivity contribution in [3.05, 3.63) is 12.7 Å². The number of nitrogens with zero attached hydrogens (tertiary/aromatic N) is 4. The van der Waals surface area contributed by atoms with Crippen molar-refractivity contribution in [2.45, 2.75) is 45.1 Å². The molecule has 120 valence electrons. The van der Waals surface area contributed by atoms with E-state index in [0.29, 0.717) is 6.61 Å². The molecule has 3 N–H and O–H groups in total. The third kappa shape index (κ3) is 3.17. The summed E-state index contributed by atoms with van der Waals surface area (Å²) < 4.78 is 13.1. The molecule has 3 rings (SSSR count). The van der Waals surface area contributed by atoms with Crippen LogP contribution in [0.3, 0.4) is 0 Å². The highest BCUT2D eigenvalue weighted by Gasteiger charge is 2.28. The zero-order chi connectivity index (χ0) is 15.5. The molecule has 2 unspecified atom stereocenters. The predicted octanol–water partition coefficient (Wildman–Crippen LogP) is 1.86. The molecule has 3 heterocycles. The van der Waals surface area contributed by atoms with Gasteiger partial charge in [-0.3, -0.25) is 13.9 Å². The fourth-order valence-electron chi connectivity index (χ4n) is 2.57. The van der Waals surface area contributed by atoms with E-state index in [9.17, 15) is 0 Å². The molecule has 2 atom stereocenters. The van der Waals surface area contributed by atoms with Crippen molar-refractivity contribution < 1.29 is 8.92 Å². The summed E-state index contributed by atoms with van der Waals surface area (Å²) in [5, 5.41) is 8.55. The number of ether oxygens (including phenoxy) is 1. The van der Waals surface area contributed by atoms with Crippen molar-refractivity contribution in [2.24, 2.45) is 5.14 Å². The van der Waals surface area contributed by atoms with Gasteiger partial charge >= 0.3 is 0 Å². The minimum atomic E-state index is -0.0804. The molecule has 1 saturated heterocycles. The second-order valence-corrected chi connectivity index (χ2v) is 5.94. The van der Waals surface area contributed by atoms with Crippen LogP contribution in [0.2, 0.25) is 0 Å². The first-order valence-corrected chi connectivity index (χ1v) is 8.07. The number of anilines is 1. The van der Waals surface area contributed by atoms with Gasteiger partial charge in [-0.05, 0) is 26.7 Å². The van der Waals surface area contributed by atoms with Crippen LogP contribution in [0, 0.1) is 0 Å². The van der Waals surface area contributed by atoms with E-state index in [1.54, 1.807) is 12.7 Å². The second-order valence-electron chi connectivity index (χ2n) is 5.52. The van der Waals surface area contributed by atoms with Crippen LogP contribution in [0.1, 0.15) is 32.9 Å². The first-order chi connectivity index (χ1) is 10.7. The number of nitrogens with one attached hydrogen (secondary N) is 1. The van der Waals surface area contributed by atoms with Gasteiger partial charge in [-0.15, -0.1) is 0 Å². The first kappa shape index (κ1) is 15.5. The Balaban J connectivity index is 1.81. The Kier molecular flexibility index (Phi) is 4.77. The summed E-state index contributed by atoms with van der Waals surface area (Å²) in [5.41, 5.74) is 1.54. The van der Waals surface area contributed by atoms with Crippen LogP contribution in [0.4, 0.5) is 5.82 Å². The van der Waals surface area contributed by atoms with Crippen LogP contribution in [-0.2, 0) is 8.92 Å². The molecular weight excluding hydrogens is 304 g/mol. The topological polar surface area (TPSA) is 100 Å². The van der Waals surface area contributed by atoms with Crippen molar-refractivity contribution in [1.29, 1.82) is 0 Å². The van der Waals surface area contributed by atoms with Gasteiger partial charge < -0.3 is 10.1 Å². The molecule has 2 aromatic rings. The summed E-state index contributed by atoms with van der Waals surface area (Å²) in [5.74, 6) is 0.746. The Labute approximate surface area is 133 Å². The van der Waals surface area contributed by atoms with E-state index in [-0.39, 0.29) is 18.4 Å². The van der Waals surface area contributed by atoms with Gasteiger partial charge in [0.15, 0.2) is 17.0 Å². The lowest BCUT2D eigenvalue weighted by molar-refractivity contribution is -0.0128. The van der Waals surface area contributed by atoms with Crippen LogP contribution < -0.4 is 10.5 Å². The second kappa shape index (κ2) is 6.78. The monoisotopic (exact) mass is 324 g/mol. The number of hydrogen-bond donors (Lipinski definition) is 2. The summed E-state index contributed by atoms with van der Waals surface area (Å²) in [6, 6.07) is 0.279. The van der Waals surface area contributed by atoms with E-state index in [1.807, 2.05) is 4.57 Å². The van der Waals surface area contributed by atoms with Crippen LogP contribution in [0.25, 0.3) is 11.2 Å². The Bertz CT molecular complexity index is 634. The largest absolute Gasteiger partial charge is 0.366 e. The Morgan fingerprint density at radius 1 is 1.45 bits per heavy atom. The molecule has 0 saturated carbocycles. The average molecular weight is 324 g/mol. The van der Waals surface area contributed by atoms with Crippen LogP contribution in [-0.4, -0.2) is 38.3 Å². The highest BCUT2D eigenvalue weighted by atomic mass is 32.2. The van der Waals surface area contributed by atoms with E-state index < -0.39 is 0 Å². The van der Waals surface area contributed by atoms with Crippen LogP contribution >= 0.6 is 12.2 Å². The van der Waals surface area contributed by atoms with Gasteiger partial charge in [0.2, 0.25) is 0 Å². The molecule has 0 spiro atoms. The molecular formula is C13H20N6O2S. The van der Waals surface area contributed by atoms with Gasteiger partial charge in [-0.25, -0.2) is 15.0 Å². The van der Waals surface area contributed by atoms with Gasteiger partial charge in [0.05, 0.1) is 31.3 Å². The van der Waals surface area contributed by atoms with Gasteiger partial charge in [0.1, 0.15) is 12.6 Å². The summed E-state index contributed by atoms with van der Waals surface area (Å²) in [4.78, 5) is 13.1. The molecule has 0 aromatic carbocycles. The minimum Gasteiger partial charge on any atom is -0.366 e. The van der Waals surface area contributed by atoms with E-state index in [1.165, 1.54) is 0 Å². The summed E-state index contributed by atoms with van der Waals surface area (Å²) in [6.07, 6.45) is 5.10. The van der Waals surface area contributed by atoms with E-state index in [0.717, 1.165) is 42.1 Å². The molecule has 2 aromatic heterocycles. The van der Waals surface area contributed by atoms with E-state index >= 15 is 0 Å². The SMILES string of the molecule is CC(C)Nc1ncnc2c1ncn2C1CCC(COSN)O1. The number of fused-ring (bicyclic) bond motifs is 1. The van der Waals surface area contributed by atoms with Gasteiger partial charge in [-0.1, -0.05) is 0 Å². The lowest BCUT2D eigenvalue weighted by Gasteiger charge is -2.15. The molecule has 0 aliphatic carbocycles. The molecule has 9 heteroatoms. The Hall–Kier alpha value is -1.42. The average Bonchev–Trinajstić information content (AvgIpc) is 3.11. The summed E-state index contributed by atoms with van der Waals surface area (Å²) in [7, 11) is 0. The van der Waals surface area contributed by atoms with Crippen LogP contribution in [0.15, 0.2) is 12.7 Å². The lowest BCUT2D eigenvalue weighted by atomic mass is 10.2. The molecule has 1 aliphatic rings. The fraction of sp³-hybridized carbons (Fsp3) is 0.615. The van der Waals surface area contributed by atoms with Crippen molar-refractivity contribution in [3.63, 3.8) is 0 Å². The van der Waals surface area contributed by atoms with Gasteiger partial charge in [0, 0.05) is 6.04 Å². The maximum absolute atomic E-state index is 5.99. The number of nitrogens with two attached hydrogens (primary N) is 1. The molecule has 1 aliphatic heterocycles. The lowest BCUT2D eigenvalue weighted by Crippen LogP contribution is -2.15. The van der Waals surface area contributed by atoms with Gasteiger partial charge in [0.25, 0.3) is 0 Å². The molecule has 0 amide bonds. The smallest absolute Gasteiger partial charge is 0.167 e. The Morgan fingerprint density at radius 3 is 3.09 bits per heavy atom. The number of aromatic nitrogens is 4. The van der Waals surface area contributed by atoms with Crippen molar-refractivity contribution >= 4 is 29.2 Å².